The van der Waals surface area contributed by atoms with Gasteiger partial charge in [0.25, 0.3) is 0 Å². The average molecular weight is 268 g/mol. The van der Waals surface area contributed by atoms with Crippen LogP contribution in [0.1, 0.15) is 65.7 Å². The first kappa shape index (κ1) is 18.4. The van der Waals surface area contributed by atoms with E-state index in [1.54, 1.807) is 0 Å². The molecule has 0 aromatic heterocycles. The smallest absolute Gasteiger partial charge is 0.157 e. The van der Waals surface area contributed by atoms with Gasteiger partial charge < -0.3 is 9.47 Å². The minimum absolute atomic E-state index is 0.00358. The third-order valence-electron chi connectivity index (χ3n) is 2.70. The van der Waals surface area contributed by atoms with Gasteiger partial charge in [-0.05, 0) is 44.9 Å². The molecule has 0 fully saturated rings. The van der Waals surface area contributed by atoms with Crippen LogP contribution in [0.4, 0.5) is 0 Å². The van der Waals surface area contributed by atoms with E-state index in [9.17, 15) is 0 Å². The van der Waals surface area contributed by atoms with Crippen molar-refractivity contribution in [3.63, 3.8) is 0 Å². The number of hydrogen-bond acceptors (Lipinski definition) is 2. The van der Waals surface area contributed by atoms with Crippen molar-refractivity contribution in [1.82, 2.24) is 0 Å². The number of unbranched alkanes of at least 4 members (excludes halogenated alkanes) is 2. The second-order valence-electron chi connectivity index (χ2n) is 4.72. The Morgan fingerprint density at radius 2 is 1.47 bits per heavy atom. The van der Waals surface area contributed by atoms with Gasteiger partial charge in [-0.1, -0.05) is 45.1 Å². The van der Waals surface area contributed by atoms with Crippen LogP contribution in [-0.2, 0) is 9.47 Å². The molecule has 112 valence electrons. The fourth-order valence-electron chi connectivity index (χ4n) is 1.68. The van der Waals surface area contributed by atoms with Gasteiger partial charge in [-0.2, -0.15) is 0 Å². The monoisotopic (exact) mass is 268 g/mol. The number of allylic oxidation sites excluding steroid dienone is 4. The fourth-order valence-corrected chi connectivity index (χ4v) is 1.68. The van der Waals surface area contributed by atoms with Gasteiger partial charge >= 0.3 is 0 Å². The van der Waals surface area contributed by atoms with Crippen molar-refractivity contribution in [3.05, 3.63) is 24.3 Å². The van der Waals surface area contributed by atoms with Gasteiger partial charge in [0.1, 0.15) is 0 Å². The second kappa shape index (κ2) is 15.5. The summed E-state index contributed by atoms with van der Waals surface area (Å²) in [7, 11) is 0. The van der Waals surface area contributed by atoms with E-state index in [0.717, 1.165) is 45.3 Å². The molecule has 0 amide bonds. The van der Waals surface area contributed by atoms with Gasteiger partial charge in [0.2, 0.25) is 0 Å². The third kappa shape index (κ3) is 13.6. The minimum Gasteiger partial charge on any atom is -0.353 e. The molecule has 0 bridgehead atoms. The summed E-state index contributed by atoms with van der Waals surface area (Å²) in [5.74, 6) is 0. The summed E-state index contributed by atoms with van der Waals surface area (Å²) in [4.78, 5) is 0. The number of ether oxygens (including phenoxy) is 2. The minimum atomic E-state index is 0.00358. The molecule has 0 atom stereocenters. The molecule has 0 saturated carbocycles. The van der Waals surface area contributed by atoms with Gasteiger partial charge in [-0.25, -0.2) is 0 Å². The molecule has 0 aliphatic rings. The van der Waals surface area contributed by atoms with Crippen LogP contribution < -0.4 is 0 Å². The molecule has 0 aromatic rings. The molecule has 0 rings (SSSR count). The quantitative estimate of drug-likeness (QED) is 0.258. The zero-order valence-electron chi connectivity index (χ0n) is 13.1. The highest BCUT2D eigenvalue weighted by molar-refractivity contribution is 5.01. The lowest BCUT2D eigenvalue weighted by Gasteiger charge is -2.17. The molecule has 0 heterocycles. The zero-order valence-corrected chi connectivity index (χ0v) is 13.1. The highest BCUT2D eigenvalue weighted by Gasteiger charge is 2.07. The van der Waals surface area contributed by atoms with Gasteiger partial charge in [0.05, 0.1) is 0 Å². The first-order valence-corrected chi connectivity index (χ1v) is 7.89. The van der Waals surface area contributed by atoms with Crippen LogP contribution >= 0.6 is 0 Å². The molecule has 2 heteroatoms. The second-order valence-corrected chi connectivity index (χ2v) is 4.72. The summed E-state index contributed by atoms with van der Waals surface area (Å²) in [5, 5.41) is 0. The van der Waals surface area contributed by atoms with Crippen LogP contribution in [0.2, 0.25) is 0 Å². The normalized spacial score (nSPS) is 12.2. The van der Waals surface area contributed by atoms with Gasteiger partial charge in [0, 0.05) is 13.2 Å². The molecule has 0 aliphatic carbocycles. The maximum Gasteiger partial charge on any atom is 0.157 e. The van der Waals surface area contributed by atoms with E-state index >= 15 is 0 Å². The number of hydrogen-bond donors (Lipinski definition) is 0. The predicted octanol–water partition coefficient (Wildman–Crippen LogP) is 5.25. The van der Waals surface area contributed by atoms with E-state index < -0.39 is 0 Å². The summed E-state index contributed by atoms with van der Waals surface area (Å²) in [6, 6.07) is 0. The largest absolute Gasteiger partial charge is 0.353 e. The van der Waals surface area contributed by atoms with Crippen LogP contribution in [0.5, 0.6) is 0 Å². The molecule has 19 heavy (non-hydrogen) atoms. The summed E-state index contributed by atoms with van der Waals surface area (Å²) in [6.45, 7) is 8.01. The first-order chi connectivity index (χ1) is 9.35. The Morgan fingerprint density at radius 3 is 2.05 bits per heavy atom. The molecule has 2 nitrogen and oxygen atoms in total. The number of rotatable bonds is 13. The van der Waals surface area contributed by atoms with E-state index in [4.69, 9.17) is 9.47 Å². The SMILES string of the molecule is CCC=CC=CCCCCC(OCCC)OCCC. The predicted molar refractivity (Wildman–Crippen MR) is 83.3 cm³/mol. The topological polar surface area (TPSA) is 18.5 Å². The van der Waals surface area contributed by atoms with Crippen LogP contribution in [-0.4, -0.2) is 19.5 Å². The molecule has 0 radical (unpaired) electrons. The third-order valence-corrected chi connectivity index (χ3v) is 2.70. The Morgan fingerprint density at radius 1 is 0.842 bits per heavy atom. The van der Waals surface area contributed by atoms with Crippen LogP contribution in [0.15, 0.2) is 24.3 Å². The van der Waals surface area contributed by atoms with Gasteiger partial charge in [0.15, 0.2) is 6.29 Å². The van der Waals surface area contributed by atoms with Crippen LogP contribution in [0.25, 0.3) is 0 Å². The maximum atomic E-state index is 5.70. The first-order valence-electron chi connectivity index (χ1n) is 7.89. The Balaban J connectivity index is 3.61. The summed E-state index contributed by atoms with van der Waals surface area (Å²) < 4.78 is 11.4. The van der Waals surface area contributed by atoms with E-state index in [2.05, 4.69) is 45.1 Å². The van der Waals surface area contributed by atoms with E-state index in [1.807, 2.05) is 0 Å². The lowest BCUT2D eigenvalue weighted by molar-refractivity contribution is -0.146. The molecule has 0 N–H and O–H groups in total. The van der Waals surface area contributed by atoms with Crippen molar-refractivity contribution >= 4 is 0 Å². The highest BCUT2D eigenvalue weighted by atomic mass is 16.7. The lowest BCUT2D eigenvalue weighted by Crippen LogP contribution is -2.18. The van der Waals surface area contributed by atoms with Crippen molar-refractivity contribution < 1.29 is 9.47 Å². The molecule has 0 unspecified atom stereocenters. The molecule has 0 aromatic carbocycles. The van der Waals surface area contributed by atoms with Crippen LogP contribution in [0.3, 0.4) is 0 Å². The van der Waals surface area contributed by atoms with E-state index in [1.165, 1.54) is 12.8 Å². The van der Waals surface area contributed by atoms with Crippen LogP contribution in [0, 0.1) is 0 Å². The van der Waals surface area contributed by atoms with Crippen molar-refractivity contribution in [1.29, 1.82) is 0 Å². The van der Waals surface area contributed by atoms with Crippen molar-refractivity contribution in [2.24, 2.45) is 0 Å². The molecule has 0 aliphatic heterocycles. The molecule has 0 spiro atoms. The van der Waals surface area contributed by atoms with Crippen molar-refractivity contribution in [2.45, 2.75) is 72.0 Å². The molecule has 0 saturated heterocycles. The average Bonchev–Trinajstić information content (AvgIpc) is 2.43. The summed E-state index contributed by atoms with van der Waals surface area (Å²) in [6.07, 6.45) is 16.4. The zero-order chi connectivity index (χ0) is 14.2. The van der Waals surface area contributed by atoms with Crippen molar-refractivity contribution in [2.75, 3.05) is 13.2 Å². The Kier molecular flexibility index (Phi) is 15.0. The van der Waals surface area contributed by atoms with Gasteiger partial charge in [-0.3, -0.25) is 0 Å². The highest BCUT2D eigenvalue weighted by Crippen LogP contribution is 2.10. The summed E-state index contributed by atoms with van der Waals surface area (Å²) >= 11 is 0. The Labute approximate surface area is 119 Å². The van der Waals surface area contributed by atoms with Gasteiger partial charge in [-0.15, -0.1) is 0 Å². The van der Waals surface area contributed by atoms with E-state index in [-0.39, 0.29) is 6.29 Å². The Hall–Kier alpha value is -0.600. The van der Waals surface area contributed by atoms with Crippen molar-refractivity contribution in [3.8, 4) is 0 Å². The Bertz CT molecular complexity index is 213. The fraction of sp³-hybridized carbons (Fsp3) is 0.765. The molecular formula is C17H32O2. The van der Waals surface area contributed by atoms with E-state index in [0.29, 0.717) is 0 Å². The summed E-state index contributed by atoms with van der Waals surface area (Å²) in [5.41, 5.74) is 0. The lowest BCUT2D eigenvalue weighted by atomic mass is 10.2. The molecular weight excluding hydrogens is 236 g/mol. The maximum absolute atomic E-state index is 5.70. The standard InChI is InChI=1S/C17H32O2/c1-4-7-8-9-10-11-12-13-14-17(18-15-5-2)19-16-6-3/h7-10,17H,4-6,11-16H2,1-3H3.